The molecule has 3 rings (SSSR count). The quantitative estimate of drug-likeness (QED) is 0.315. The number of alkyl halides is 6. The van der Waals surface area contributed by atoms with Crippen LogP contribution in [0.3, 0.4) is 0 Å². The van der Waals surface area contributed by atoms with E-state index in [1.165, 1.54) is 13.2 Å². The second-order valence-electron chi connectivity index (χ2n) is 7.21. The number of nitrogens with one attached hydrogen (secondary N) is 1. The number of aryl methyl sites for hydroxylation is 1. The fraction of sp³-hybridized carbons (Fsp3) is 0.364. The first-order valence-electron chi connectivity index (χ1n) is 10.00. The fourth-order valence-electron chi connectivity index (χ4n) is 3.10. The van der Waals surface area contributed by atoms with Gasteiger partial charge in [-0.1, -0.05) is 12.1 Å². The molecule has 0 saturated carbocycles. The highest BCUT2D eigenvalue weighted by Gasteiger charge is 2.30. The number of ether oxygens (including phenoxy) is 3. The Balaban J connectivity index is 1.81. The molecular weight excluding hydrogens is 468 g/mol. The Morgan fingerprint density at radius 2 is 1.71 bits per heavy atom. The van der Waals surface area contributed by atoms with E-state index in [4.69, 9.17) is 9.47 Å². The summed E-state index contributed by atoms with van der Waals surface area (Å²) in [5, 5.41) is 3.51. The van der Waals surface area contributed by atoms with E-state index in [1.807, 2.05) is 0 Å². The van der Waals surface area contributed by atoms with Crippen molar-refractivity contribution in [3.63, 3.8) is 0 Å². The molecule has 0 amide bonds. The molecule has 2 aromatic carbocycles. The van der Waals surface area contributed by atoms with Crippen LogP contribution >= 0.6 is 0 Å². The molecule has 0 aliphatic heterocycles. The molecule has 0 unspecified atom stereocenters. The van der Waals surface area contributed by atoms with Crippen LogP contribution in [0.2, 0.25) is 0 Å². The van der Waals surface area contributed by atoms with Gasteiger partial charge in [-0.3, -0.25) is 0 Å². The summed E-state index contributed by atoms with van der Waals surface area (Å²) in [4.78, 5) is 8.67. The van der Waals surface area contributed by atoms with Crippen molar-refractivity contribution in [2.24, 2.45) is 0 Å². The van der Waals surface area contributed by atoms with Gasteiger partial charge in [0.2, 0.25) is 0 Å². The van der Waals surface area contributed by atoms with E-state index in [9.17, 15) is 26.3 Å². The maximum atomic E-state index is 13.0. The lowest BCUT2D eigenvalue weighted by atomic mass is 10.1. The van der Waals surface area contributed by atoms with E-state index in [0.29, 0.717) is 33.9 Å². The molecule has 0 bridgehead atoms. The summed E-state index contributed by atoms with van der Waals surface area (Å²) in [5.41, 5.74) is 0.117. The third-order valence-electron chi connectivity index (χ3n) is 4.56. The average molecular weight is 489 g/mol. The molecule has 0 aliphatic carbocycles. The number of benzene rings is 2. The van der Waals surface area contributed by atoms with Crippen LogP contribution in [-0.4, -0.2) is 43.1 Å². The third-order valence-corrected chi connectivity index (χ3v) is 4.56. The second-order valence-corrected chi connectivity index (χ2v) is 7.21. The zero-order chi connectivity index (χ0) is 24.9. The minimum Gasteiger partial charge on any atom is -0.493 e. The average Bonchev–Trinajstić information content (AvgIpc) is 2.75. The molecule has 6 nitrogen and oxygen atoms in total. The fourth-order valence-corrected chi connectivity index (χ4v) is 3.10. The third kappa shape index (κ3) is 6.86. The monoisotopic (exact) mass is 489 g/mol. The van der Waals surface area contributed by atoms with E-state index in [2.05, 4.69) is 20.0 Å². The maximum Gasteiger partial charge on any atom is 0.416 e. The number of methoxy groups -OCH3 is 1. The van der Waals surface area contributed by atoms with Gasteiger partial charge in [-0.15, -0.1) is 0 Å². The number of aromatic nitrogens is 2. The summed E-state index contributed by atoms with van der Waals surface area (Å²) in [6.45, 7) is -0.141. The van der Waals surface area contributed by atoms with E-state index in [1.54, 1.807) is 25.1 Å². The molecule has 0 aliphatic rings. The second kappa shape index (κ2) is 10.3. The van der Waals surface area contributed by atoms with Crippen molar-refractivity contribution in [1.29, 1.82) is 0 Å². The van der Waals surface area contributed by atoms with Crippen LogP contribution in [0.1, 0.15) is 17.0 Å². The minimum atomic E-state index is -4.46. The summed E-state index contributed by atoms with van der Waals surface area (Å²) in [6.07, 6.45) is -8.89. The lowest BCUT2D eigenvalue weighted by Gasteiger charge is -2.15. The van der Waals surface area contributed by atoms with Gasteiger partial charge in [-0.05, 0) is 30.7 Å². The van der Waals surface area contributed by atoms with Crippen LogP contribution in [-0.2, 0) is 17.5 Å². The van der Waals surface area contributed by atoms with E-state index in [0.717, 1.165) is 12.1 Å². The van der Waals surface area contributed by atoms with Crippen molar-refractivity contribution < 1.29 is 40.6 Å². The van der Waals surface area contributed by atoms with Crippen LogP contribution in [0, 0.1) is 6.92 Å². The number of hydrogen-bond acceptors (Lipinski definition) is 6. The lowest BCUT2D eigenvalue weighted by Crippen LogP contribution is -2.19. The molecule has 1 heterocycles. The summed E-state index contributed by atoms with van der Waals surface area (Å²) in [5.74, 6) is 1.28. The topological polar surface area (TPSA) is 65.5 Å². The molecule has 184 valence electrons. The first kappa shape index (κ1) is 25.3. The van der Waals surface area contributed by atoms with Gasteiger partial charge in [0, 0.05) is 18.0 Å². The first-order chi connectivity index (χ1) is 16.0. The van der Waals surface area contributed by atoms with Gasteiger partial charge in [-0.25, -0.2) is 9.97 Å². The van der Waals surface area contributed by atoms with Crippen molar-refractivity contribution in [3.05, 3.63) is 53.3 Å². The number of anilines is 1. The van der Waals surface area contributed by atoms with Gasteiger partial charge < -0.3 is 19.5 Å². The Morgan fingerprint density at radius 1 is 0.941 bits per heavy atom. The SMILES string of the molecule is COc1cc2nc(C)nc(NCc3cccc(C(F)(F)F)c3)c2cc1OCCOCC(F)(F)F. The molecule has 12 heteroatoms. The molecule has 0 fully saturated rings. The largest absolute Gasteiger partial charge is 0.493 e. The molecule has 0 radical (unpaired) electrons. The molecule has 1 aromatic heterocycles. The van der Waals surface area contributed by atoms with Crippen LogP contribution in [0.4, 0.5) is 32.2 Å². The van der Waals surface area contributed by atoms with Crippen molar-refractivity contribution in [2.75, 3.05) is 32.2 Å². The molecule has 0 spiro atoms. The van der Waals surface area contributed by atoms with Crippen molar-refractivity contribution in [3.8, 4) is 11.5 Å². The number of halogens is 6. The summed E-state index contributed by atoms with van der Waals surface area (Å²) < 4.78 is 90.9. The van der Waals surface area contributed by atoms with Crippen molar-refractivity contribution >= 4 is 16.7 Å². The highest BCUT2D eigenvalue weighted by atomic mass is 19.4. The Morgan fingerprint density at radius 3 is 2.38 bits per heavy atom. The Kier molecular flexibility index (Phi) is 7.70. The van der Waals surface area contributed by atoms with Gasteiger partial charge >= 0.3 is 12.4 Å². The highest BCUT2D eigenvalue weighted by Crippen LogP contribution is 2.35. The van der Waals surface area contributed by atoms with E-state index < -0.39 is 24.5 Å². The number of nitrogens with zero attached hydrogens (tertiary/aromatic N) is 2. The predicted molar refractivity (Wildman–Crippen MR) is 112 cm³/mol. The summed E-state index contributed by atoms with van der Waals surface area (Å²) in [7, 11) is 1.40. The predicted octanol–water partition coefficient (Wildman–Crippen LogP) is 5.54. The summed E-state index contributed by atoms with van der Waals surface area (Å²) >= 11 is 0. The molecule has 34 heavy (non-hydrogen) atoms. The van der Waals surface area contributed by atoms with Gasteiger partial charge in [0.25, 0.3) is 0 Å². The van der Waals surface area contributed by atoms with Crippen LogP contribution < -0.4 is 14.8 Å². The van der Waals surface area contributed by atoms with E-state index in [-0.39, 0.29) is 25.5 Å². The van der Waals surface area contributed by atoms with Crippen molar-refractivity contribution in [2.45, 2.75) is 25.8 Å². The van der Waals surface area contributed by atoms with Crippen LogP contribution in [0.5, 0.6) is 11.5 Å². The van der Waals surface area contributed by atoms with Gasteiger partial charge in [0.1, 0.15) is 24.9 Å². The van der Waals surface area contributed by atoms with Crippen LogP contribution in [0.15, 0.2) is 36.4 Å². The van der Waals surface area contributed by atoms with Crippen LogP contribution in [0.25, 0.3) is 10.9 Å². The zero-order valence-electron chi connectivity index (χ0n) is 18.2. The lowest BCUT2D eigenvalue weighted by molar-refractivity contribution is -0.175. The molecule has 1 N–H and O–H groups in total. The minimum absolute atomic E-state index is 0.0585. The molecular formula is C22H21F6N3O3. The number of hydrogen-bond donors (Lipinski definition) is 1. The first-order valence-corrected chi connectivity index (χ1v) is 10.00. The van der Waals surface area contributed by atoms with Gasteiger partial charge in [0.05, 0.1) is 24.8 Å². The van der Waals surface area contributed by atoms with Crippen molar-refractivity contribution in [1.82, 2.24) is 9.97 Å². The zero-order valence-corrected chi connectivity index (χ0v) is 18.2. The normalized spacial score (nSPS) is 12.1. The smallest absolute Gasteiger partial charge is 0.416 e. The highest BCUT2D eigenvalue weighted by molar-refractivity contribution is 5.91. The van der Waals surface area contributed by atoms with E-state index >= 15 is 0 Å². The van der Waals surface area contributed by atoms with Gasteiger partial charge in [0.15, 0.2) is 11.5 Å². The maximum absolute atomic E-state index is 13.0. The Labute approximate surface area is 190 Å². The summed E-state index contributed by atoms with van der Waals surface area (Å²) in [6, 6.07) is 8.03. The Bertz CT molecular complexity index is 1140. The van der Waals surface area contributed by atoms with Gasteiger partial charge in [-0.2, -0.15) is 26.3 Å². The number of fused-ring (bicyclic) bond motifs is 1. The molecule has 0 saturated heterocycles. The molecule has 0 atom stereocenters. The standard InChI is InChI=1S/C22H21F6N3O3/c1-13-30-17-10-18(32-2)19(34-7-6-33-12-21(23,24)25)9-16(17)20(31-13)29-11-14-4-3-5-15(8-14)22(26,27)28/h3-5,8-10H,6-7,11-12H2,1-2H3,(H,29,30,31). The molecule has 3 aromatic rings. The Hall–Kier alpha value is -3.28. The number of rotatable bonds is 9.